The van der Waals surface area contributed by atoms with Crippen molar-refractivity contribution in [1.29, 1.82) is 0 Å². The third-order valence-corrected chi connectivity index (χ3v) is 3.31. The molecule has 0 heterocycles. The molecule has 4 nitrogen and oxygen atoms in total. The van der Waals surface area contributed by atoms with Crippen LogP contribution in [0.25, 0.3) is 0 Å². The fraction of sp³-hybridized carbons (Fsp3) is 1.00. The van der Waals surface area contributed by atoms with Gasteiger partial charge in [-0.2, -0.15) is 0 Å². The van der Waals surface area contributed by atoms with Crippen LogP contribution in [0.4, 0.5) is 0 Å². The molecule has 1 saturated carbocycles. The van der Waals surface area contributed by atoms with E-state index in [4.69, 9.17) is 5.11 Å². The van der Waals surface area contributed by atoms with Gasteiger partial charge in [0, 0.05) is 12.6 Å². The van der Waals surface area contributed by atoms with Gasteiger partial charge in [0.2, 0.25) is 0 Å². The molecule has 15 heavy (non-hydrogen) atoms. The van der Waals surface area contributed by atoms with E-state index < -0.39 is 5.54 Å². The van der Waals surface area contributed by atoms with Gasteiger partial charge in [-0.05, 0) is 19.3 Å². The van der Waals surface area contributed by atoms with Crippen molar-refractivity contribution in [2.45, 2.75) is 50.1 Å². The lowest BCUT2D eigenvalue weighted by molar-refractivity contribution is 0.0550. The van der Waals surface area contributed by atoms with Gasteiger partial charge < -0.3 is 20.6 Å². The Morgan fingerprint density at radius 1 is 1.00 bits per heavy atom. The molecule has 0 aromatic carbocycles. The van der Waals surface area contributed by atoms with Crippen LogP contribution in [0.3, 0.4) is 0 Å². The normalized spacial score (nSPS) is 19.4. The number of rotatable bonds is 6. The van der Waals surface area contributed by atoms with E-state index in [-0.39, 0.29) is 19.8 Å². The van der Waals surface area contributed by atoms with Crippen LogP contribution in [-0.4, -0.2) is 46.7 Å². The Hall–Kier alpha value is -0.160. The van der Waals surface area contributed by atoms with Crippen molar-refractivity contribution in [2.24, 2.45) is 0 Å². The van der Waals surface area contributed by atoms with Crippen LogP contribution in [0.15, 0.2) is 0 Å². The summed E-state index contributed by atoms with van der Waals surface area (Å²) in [5, 5.41) is 30.9. The molecule has 1 aliphatic carbocycles. The monoisotopic (exact) mass is 217 g/mol. The van der Waals surface area contributed by atoms with Gasteiger partial charge in [0.1, 0.15) is 0 Å². The lowest BCUT2D eigenvalue weighted by Crippen LogP contribution is -2.56. The van der Waals surface area contributed by atoms with Gasteiger partial charge in [-0.3, -0.25) is 0 Å². The second kappa shape index (κ2) is 6.43. The maximum Gasteiger partial charge on any atom is 0.0672 e. The molecule has 90 valence electrons. The molecule has 0 aromatic heterocycles. The summed E-state index contributed by atoms with van der Waals surface area (Å²) >= 11 is 0. The number of aliphatic hydroxyl groups excluding tert-OH is 3. The van der Waals surface area contributed by atoms with Crippen LogP contribution in [0.5, 0.6) is 0 Å². The van der Waals surface area contributed by atoms with Crippen LogP contribution >= 0.6 is 0 Å². The first-order valence-corrected chi connectivity index (χ1v) is 5.86. The minimum atomic E-state index is -0.698. The first kappa shape index (κ1) is 12.9. The molecular formula is C11H23NO3. The lowest BCUT2D eigenvalue weighted by Gasteiger charge is -2.36. The minimum absolute atomic E-state index is 0.0131. The van der Waals surface area contributed by atoms with Crippen LogP contribution in [0.2, 0.25) is 0 Å². The van der Waals surface area contributed by atoms with Crippen LogP contribution in [0, 0.1) is 0 Å². The van der Waals surface area contributed by atoms with Crippen molar-refractivity contribution in [1.82, 2.24) is 5.32 Å². The van der Waals surface area contributed by atoms with E-state index in [1.54, 1.807) is 0 Å². The molecule has 0 bridgehead atoms. The standard InChI is InChI=1S/C11H23NO3/c13-7-6-11(8-14,9-15)12-10-4-2-1-3-5-10/h10,12-15H,1-9H2. The van der Waals surface area contributed by atoms with Crippen molar-refractivity contribution in [2.75, 3.05) is 19.8 Å². The molecule has 0 radical (unpaired) electrons. The largest absolute Gasteiger partial charge is 0.396 e. The Kier molecular flexibility index (Phi) is 5.53. The Labute approximate surface area is 91.3 Å². The van der Waals surface area contributed by atoms with Gasteiger partial charge in [0.05, 0.1) is 18.8 Å². The third-order valence-electron chi connectivity index (χ3n) is 3.31. The highest BCUT2D eigenvalue weighted by atomic mass is 16.3. The molecule has 0 unspecified atom stereocenters. The summed E-state index contributed by atoms with van der Waals surface area (Å²) in [6, 6.07) is 0.379. The molecule has 1 rings (SSSR count). The Bertz CT molecular complexity index is 165. The van der Waals surface area contributed by atoms with E-state index in [1.165, 1.54) is 19.3 Å². The maximum atomic E-state index is 9.30. The van der Waals surface area contributed by atoms with Gasteiger partial charge in [0.25, 0.3) is 0 Å². The van der Waals surface area contributed by atoms with Crippen molar-refractivity contribution < 1.29 is 15.3 Å². The SMILES string of the molecule is OCCC(CO)(CO)NC1CCCCC1. The second-order valence-corrected chi connectivity index (χ2v) is 4.55. The first-order chi connectivity index (χ1) is 7.26. The van der Waals surface area contributed by atoms with E-state index in [0.29, 0.717) is 12.5 Å². The van der Waals surface area contributed by atoms with Crippen molar-refractivity contribution in [3.05, 3.63) is 0 Å². The summed E-state index contributed by atoms with van der Waals surface area (Å²) < 4.78 is 0. The molecule has 0 atom stereocenters. The predicted molar refractivity (Wildman–Crippen MR) is 58.6 cm³/mol. The number of nitrogens with one attached hydrogen (secondary N) is 1. The fourth-order valence-electron chi connectivity index (χ4n) is 2.27. The average molecular weight is 217 g/mol. The van der Waals surface area contributed by atoms with Gasteiger partial charge in [-0.15, -0.1) is 0 Å². The summed E-state index contributed by atoms with van der Waals surface area (Å²) in [6.45, 7) is -0.262. The van der Waals surface area contributed by atoms with E-state index in [2.05, 4.69) is 5.32 Å². The highest BCUT2D eigenvalue weighted by Gasteiger charge is 2.31. The second-order valence-electron chi connectivity index (χ2n) is 4.55. The molecular weight excluding hydrogens is 194 g/mol. The molecule has 0 saturated heterocycles. The van der Waals surface area contributed by atoms with Gasteiger partial charge in [-0.1, -0.05) is 19.3 Å². The van der Waals surface area contributed by atoms with Crippen LogP contribution < -0.4 is 5.32 Å². The number of aliphatic hydroxyl groups is 3. The third kappa shape index (κ3) is 3.72. The fourth-order valence-corrected chi connectivity index (χ4v) is 2.27. The topological polar surface area (TPSA) is 72.7 Å². The van der Waals surface area contributed by atoms with Crippen LogP contribution in [0.1, 0.15) is 38.5 Å². The molecule has 1 aliphatic rings. The number of hydrogen-bond donors (Lipinski definition) is 4. The molecule has 0 aromatic rings. The first-order valence-electron chi connectivity index (χ1n) is 5.86. The molecule has 0 spiro atoms. The molecule has 4 N–H and O–H groups in total. The zero-order chi connectivity index (χ0) is 11.1. The van der Waals surface area contributed by atoms with E-state index in [0.717, 1.165) is 12.8 Å². The van der Waals surface area contributed by atoms with E-state index in [9.17, 15) is 10.2 Å². The molecule has 4 heteroatoms. The quantitative estimate of drug-likeness (QED) is 0.506. The minimum Gasteiger partial charge on any atom is -0.396 e. The Morgan fingerprint density at radius 2 is 1.60 bits per heavy atom. The Balaban J connectivity index is 2.47. The highest BCUT2D eigenvalue weighted by Crippen LogP contribution is 2.21. The van der Waals surface area contributed by atoms with Crippen LogP contribution in [-0.2, 0) is 0 Å². The van der Waals surface area contributed by atoms with Crippen molar-refractivity contribution >= 4 is 0 Å². The molecule has 1 fully saturated rings. The van der Waals surface area contributed by atoms with E-state index in [1.807, 2.05) is 0 Å². The van der Waals surface area contributed by atoms with E-state index >= 15 is 0 Å². The maximum absolute atomic E-state index is 9.30. The summed E-state index contributed by atoms with van der Waals surface area (Å²) in [6.07, 6.45) is 6.31. The van der Waals surface area contributed by atoms with Crippen molar-refractivity contribution in [3.63, 3.8) is 0 Å². The molecule has 0 aliphatic heterocycles. The van der Waals surface area contributed by atoms with Gasteiger partial charge in [-0.25, -0.2) is 0 Å². The van der Waals surface area contributed by atoms with Gasteiger partial charge >= 0.3 is 0 Å². The predicted octanol–water partition coefficient (Wildman–Crippen LogP) is 0.0145. The highest BCUT2D eigenvalue weighted by molar-refractivity contribution is 4.90. The number of hydrogen-bond acceptors (Lipinski definition) is 4. The Morgan fingerprint density at radius 3 is 2.07 bits per heavy atom. The summed E-state index contributed by atoms with van der Waals surface area (Å²) in [7, 11) is 0. The lowest BCUT2D eigenvalue weighted by atomic mass is 9.90. The summed E-state index contributed by atoms with van der Waals surface area (Å²) in [4.78, 5) is 0. The summed E-state index contributed by atoms with van der Waals surface area (Å²) in [5.74, 6) is 0. The smallest absolute Gasteiger partial charge is 0.0672 e. The zero-order valence-corrected chi connectivity index (χ0v) is 9.28. The van der Waals surface area contributed by atoms with Gasteiger partial charge in [0.15, 0.2) is 0 Å². The molecule has 0 amide bonds. The van der Waals surface area contributed by atoms with Crippen molar-refractivity contribution in [3.8, 4) is 0 Å². The average Bonchev–Trinajstić information content (AvgIpc) is 2.30. The zero-order valence-electron chi connectivity index (χ0n) is 9.28. The summed E-state index contributed by atoms with van der Waals surface area (Å²) in [5.41, 5.74) is -0.698.